The van der Waals surface area contributed by atoms with Crippen molar-refractivity contribution in [3.8, 4) is 0 Å². The fraction of sp³-hybridized carbons (Fsp3) is 0.308. The van der Waals surface area contributed by atoms with Crippen molar-refractivity contribution < 1.29 is 4.79 Å². The van der Waals surface area contributed by atoms with Crippen LogP contribution in [0, 0.1) is 6.92 Å². The Labute approximate surface area is 105 Å². The van der Waals surface area contributed by atoms with Gasteiger partial charge in [-0.15, -0.1) is 0 Å². The van der Waals surface area contributed by atoms with Crippen molar-refractivity contribution in [2.45, 2.75) is 25.9 Å². The van der Waals surface area contributed by atoms with E-state index in [0.29, 0.717) is 5.56 Å². The number of carbonyl (C=O) groups is 1. The minimum atomic E-state index is -0.0692. The summed E-state index contributed by atoms with van der Waals surface area (Å²) >= 11 is 0. The van der Waals surface area contributed by atoms with E-state index in [1.165, 1.54) is 0 Å². The molecule has 0 saturated heterocycles. The second-order valence-electron chi connectivity index (χ2n) is 4.52. The fourth-order valence-corrected chi connectivity index (χ4v) is 2.31. The predicted octanol–water partition coefficient (Wildman–Crippen LogP) is 1.46. The highest BCUT2D eigenvalue weighted by Gasteiger charge is 2.24. The Bertz CT molecular complexity index is 590. The third-order valence-electron chi connectivity index (χ3n) is 3.35. The highest BCUT2D eigenvalue weighted by Crippen LogP contribution is 2.25. The molecule has 0 bridgehead atoms. The molecule has 2 aromatic rings. The van der Waals surface area contributed by atoms with E-state index in [4.69, 9.17) is 0 Å². The molecule has 1 amide bonds. The normalized spacial score (nSPS) is 17.5. The van der Waals surface area contributed by atoms with Gasteiger partial charge in [0.25, 0.3) is 5.91 Å². The molecule has 1 aliphatic rings. The lowest BCUT2D eigenvalue weighted by atomic mass is 10.1. The number of amides is 1. The smallest absolute Gasteiger partial charge is 0.253 e. The largest absolute Gasteiger partial charge is 0.344 e. The van der Waals surface area contributed by atoms with Crippen molar-refractivity contribution in [3.05, 3.63) is 47.8 Å². The topological polar surface area (TPSA) is 59.8 Å². The maximum Gasteiger partial charge on any atom is 0.253 e. The van der Waals surface area contributed by atoms with Crippen molar-refractivity contribution in [2.75, 3.05) is 0 Å². The number of nitrogens with one attached hydrogen (secondary N) is 1. The number of rotatable bonds is 2. The summed E-state index contributed by atoms with van der Waals surface area (Å²) < 4.78 is 2.07. The summed E-state index contributed by atoms with van der Waals surface area (Å²) in [6.07, 6.45) is 7.83. The van der Waals surface area contributed by atoms with Crippen molar-refractivity contribution in [2.24, 2.45) is 0 Å². The van der Waals surface area contributed by atoms with Gasteiger partial charge in [0.2, 0.25) is 0 Å². The third-order valence-corrected chi connectivity index (χ3v) is 3.35. The van der Waals surface area contributed by atoms with Crippen LogP contribution in [0.4, 0.5) is 0 Å². The number of carbonyl (C=O) groups excluding carboxylic acids is 1. The van der Waals surface area contributed by atoms with Gasteiger partial charge in [0.05, 0.1) is 29.8 Å². The molecule has 5 heteroatoms. The molecule has 92 valence electrons. The summed E-state index contributed by atoms with van der Waals surface area (Å²) in [6.45, 7) is 2.82. The van der Waals surface area contributed by atoms with Gasteiger partial charge in [-0.25, -0.2) is 4.98 Å². The molecule has 1 atom stereocenters. The van der Waals surface area contributed by atoms with Crippen LogP contribution in [0.15, 0.2) is 31.0 Å². The molecule has 0 aliphatic carbocycles. The molecular formula is C13H14N4O. The molecule has 18 heavy (non-hydrogen) atoms. The van der Waals surface area contributed by atoms with Gasteiger partial charge in [-0.2, -0.15) is 0 Å². The monoisotopic (exact) mass is 242 g/mol. The van der Waals surface area contributed by atoms with Crippen LogP contribution in [0.1, 0.15) is 34.1 Å². The van der Waals surface area contributed by atoms with Gasteiger partial charge >= 0.3 is 0 Å². The van der Waals surface area contributed by atoms with E-state index in [9.17, 15) is 4.79 Å². The summed E-state index contributed by atoms with van der Waals surface area (Å²) in [5, 5.41) is 3.04. The Hall–Kier alpha value is -2.17. The summed E-state index contributed by atoms with van der Waals surface area (Å²) in [6, 6.07) is 1.90. The second-order valence-corrected chi connectivity index (χ2v) is 4.52. The average Bonchev–Trinajstić information content (AvgIpc) is 2.94. The van der Waals surface area contributed by atoms with Gasteiger partial charge in [-0.1, -0.05) is 0 Å². The Morgan fingerprint density at radius 2 is 2.33 bits per heavy atom. The lowest BCUT2D eigenvalue weighted by Crippen LogP contribution is -2.27. The van der Waals surface area contributed by atoms with Crippen LogP contribution in [0.2, 0.25) is 0 Å². The number of pyridine rings is 1. The van der Waals surface area contributed by atoms with E-state index in [-0.39, 0.29) is 11.9 Å². The van der Waals surface area contributed by atoms with Crippen molar-refractivity contribution in [1.82, 2.24) is 19.9 Å². The summed E-state index contributed by atoms with van der Waals surface area (Å²) in [7, 11) is 0. The quantitative estimate of drug-likeness (QED) is 0.867. The SMILES string of the molecule is Cc1ccncc1C(=O)NC1CCn2cncc21. The van der Waals surface area contributed by atoms with Crippen LogP contribution in [0.25, 0.3) is 0 Å². The molecule has 0 saturated carbocycles. The van der Waals surface area contributed by atoms with Crippen molar-refractivity contribution >= 4 is 5.91 Å². The van der Waals surface area contributed by atoms with Crippen LogP contribution in [0.5, 0.6) is 0 Å². The molecular weight excluding hydrogens is 228 g/mol. The minimum absolute atomic E-state index is 0.0552. The first-order valence-corrected chi connectivity index (χ1v) is 5.97. The van der Waals surface area contributed by atoms with Crippen LogP contribution >= 0.6 is 0 Å². The van der Waals surface area contributed by atoms with Crippen LogP contribution in [-0.4, -0.2) is 20.4 Å². The van der Waals surface area contributed by atoms with Crippen LogP contribution in [0.3, 0.4) is 0 Å². The van der Waals surface area contributed by atoms with Gasteiger partial charge in [-0.05, 0) is 25.0 Å². The Morgan fingerprint density at radius 3 is 3.17 bits per heavy atom. The van der Waals surface area contributed by atoms with Gasteiger partial charge in [-0.3, -0.25) is 9.78 Å². The molecule has 0 aromatic carbocycles. The van der Waals surface area contributed by atoms with Crippen molar-refractivity contribution in [1.29, 1.82) is 0 Å². The first kappa shape index (κ1) is 11.0. The zero-order valence-electron chi connectivity index (χ0n) is 10.1. The van der Waals surface area contributed by atoms with E-state index in [2.05, 4.69) is 19.9 Å². The fourth-order valence-electron chi connectivity index (χ4n) is 2.31. The van der Waals surface area contributed by atoms with Gasteiger partial charge in [0.1, 0.15) is 0 Å². The zero-order valence-corrected chi connectivity index (χ0v) is 10.1. The van der Waals surface area contributed by atoms with E-state index >= 15 is 0 Å². The second kappa shape index (κ2) is 4.25. The first-order valence-electron chi connectivity index (χ1n) is 5.97. The number of nitrogens with zero attached hydrogens (tertiary/aromatic N) is 3. The molecule has 3 rings (SSSR count). The molecule has 5 nitrogen and oxygen atoms in total. The molecule has 1 unspecified atom stereocenters. The number of imidazole rings is 1. The highest BCUT2D eigenvalue weighted by molar-refractivity contribution is 5.95. The standard InChI is InChI=1S/C13H14N4O/c1-9-2-4-14-6-10(9)13(18)16-11-3-5-17-8-15-7-12(11)17/h2,4,6-8,11H,3,5H2,1H3,(H,16,18). The van der Waals surface area contributed by atoms with E-state index < -0.39 is 0 Å². The third kappa shape index (κ3) is 1.77. The first-order chi connectivity index (χ1) is 8.75. The Morgan fingerprint density at radius 1 is 1.44 bits per heavy atom. The molecule has 1 N–H and O–H groups in total. The van der Waals surface area contributed by atoms with Gasteiger partial charge in [0, 0.05) is 18.9 Å². The molecule has 0 spiro atoms. The van der Waals surface area contributed by atoms with Crippen LogP contribution < -0.4 is 5.32 Å². The van der Waals surface area contributed by atoms with Crippen LogP contribution in [-0.2, 0) is 6.54 Å². The number of aromatic nitrogens is 3. The minimum Gasteiger partial charge on any atom is -0.344 e. The molecule has 1 aliphatic heterocycles. The molecule has 2 aromatic heterocycles. The number of aryl methyl sites for hydroxylation is 2. The maximum absolute atomic E-state index is 12.2. The Balaban J connectivity index is 1.79. The van der Waals surface area contributed by atoms with Crippen molar-refractivity contribution in [3.63, 3.8) is 0 Å². The van der Waals surface area contributed by atoms with E-state index in [1.54, 1.807) is 18.7 Å². The molecule has 0 radical (unpaired) electrons. The molecule has 3 heterocycles. The highest BCUT2D eigenvalue weighted by atomic mass is 16.1. The number of fused-ring (bicyclic) bond motifs is 1. The maximum atomic E-state index is 12.2. The van der Waals surface area contributed by atoms with Gasteiger partial charge < -0.3 is 9.88 Å². The average molecular weight is 242 g/mol. The zero-order chi connectivity index (χ0) is 12.5. The van der Waals surface area contributed by atoms with E-state index in [0.717, 1.165) is 24.2 Å². The lowest BCUT2D eigenvalue weighted by Gasteiger charge is -2.12. The summed E-state index contributed by atoms with van der Waals surface area (Å²) in [5.41, 5.74) is 2.65. The van der Waals surface area contributed by atoms with Gasteiger partial charge in [0.15, 0.2) is 0 Å². The Kier molecular flexibility index (Phi) is 2.59. The number of hydrogen-bond donors (Lipinski definition) is 1. The lowest BCUT2D eigenvalue weighted by molar-refractivity contribution is 0.0935. The van der Waals surface area contributed by atoms with E-state index in [1.807, 2.05) is 19.2 Å². The predicted molar refractivity (Wildman–Crippen MR) is 66.0 cm³/mol. The molecule has 0 fully saturated rings. The summed E-state index contributed by atoms with van der Waals surface area (Å²) in [5.74, 6) is -0.0692. The summed E-state index contributed by atoms with van der Waals surface area (Å²) in [4.78, 5) is 20.3. The number of hydrogen-bond acceptors (Lipinski definition) is 3.